The van der Waals surface area contributed by atoms with Crippen molar-refractivity contribution in [2.45, 2.75) is 51.9 Å². The van der Waals surface area contributed by atoms with Crippen molar-refractivity contribution in [3.05, 3.63) is 29.8 Å². The van der Waals surface area contributed by atoms with Gasteiger partial charge in [0.15, 0.2) is 0 Å². The SMILES string of the molecule is COC(C)c1ccccc1B1OC(C)(C)C(C)(C)O1. The highest BCUT2D eigenvalue weighted by molar-refractivity contribution is 6.62. The van der Waals surface area contributed by atoms with Crippen molar-refractivity contribution in [2.75, 3.05) is 7.11 Å². The van der Waals surface area contributed by atoms with Crippen molar-refractivity contribution in [2.24, 2.45) is 0 Å². The Bertz CT molecular complexity index is 440. The molecule has 1 aromatic carbocycles. The number of benzene rings is 1. The maximum absolute atomic E-state index is 6.11. The Hall–Kier alpha value is -0.835. The van der Waals surface area contributed by atoms with Crippen LogP contribution in [-0.2, 0) is 14.0 Å². The summed E-state index contributed by atoms with van der Waals surface area (Å²) in [5.41, 5.74) is 1.53. The molecule has 1 aliphatic heterocycles. The Kier molecular flexibility index (Phi) is 3.78. The third-order valence-corrected chi connectivity index (χ3v) is 4.29. The van der Waals surface area contributed by atoms with E-state index in [0.29, 0.717) is 0 Å². The highest BCUT2D eigenvalue weighted by Crippen LogP contribution is 2.37. The van der Waals surface area contributed by atoms with Crippen LogP contribution in [0.3, 0.4) is 0 Å². The molecule has 0 aromatic heterocycles. The molecule has 1 fully saturated rings. The monoisotopic (exact) mass is 262 g/mol. The summed E-state index contributed by atoms with van der Waals surface area (Å²) < 4.78 is 17.6. The molecule has 0 N–H and O–H groups in total. The van der Waals surface area contributed by atoms with Crippen LogP contribution in [0.1, 0.15) is 46.3 Å². The van der Waals surface area contributed by atoms with Crippen LogP contribution in [0.25, 0.3) is 0 Å². The molecule has 0 bridgehead atoms. The number of hydrogen-bond donors (Lipinski definition) is 0. The fraction of sp³-hybridized carbons (Fsp3) is 0.600. The van der Waals surface area contributed by atoms with E-state index in [4.69, 9.17) is 14.0 Å². The van der Waals surface area contributed by atoms with E-state index in [-0.39, 0.29) is 24.4 Å². The fourth-order valence-electron chi connectivity index (χ4n) is 2.19. The smallest absolute Gasteiger partial charge is 0.399 e. The summed E-state index contributed by atoms with van der Waals surface area (Å²) in [5, 5.41) is 0. The molecule has 2 rings (SSSR count). The Labute approximate surface area is 116 Å². The Morgan fingerprint density at radius 1 is 1.05 bits per heavy atom. The molecule has 19 heavy (non-hydrogen) atoms. The van der Waals surface area contributed by atoms with Gasteiger partial charge in [-0.25, -0.2) is 0 Å². The largest absolute Gasteiger partial charge is 0.495 e. The van der Waals surface area contributed by atoms with E-state index in [0.717, 1.165) is 11.0 Å². The zero-order valence-corrected chi connectivity index (χ0v) is 12.7. The predicted octanol–water partition coefficient (Wildman–Crippen LogP) is 2.69. The van der Waals surface area contributed by atoms with E-state index >= 15 is 0 Å². The van der Waals surface area contributed by atoms with Crippen molar-refractivity contribution < 1.29 is 14.0 Å². The molecule has 1 aliphatic rings. The van der Waals surface area contributed by atoms with E-state index in [1.165, 1.54) is 0 Å². The van der Waals surface area contributed by atoms with Crippen LogP contribution in [0.5, 0.6) is 0 Å². The lowest BCUT2D eigenvalue weighted by molar-refractivity contribution is 0.00578. The summed E-state index contributed by atoms with van der Waals surface area (Å²) in [4.78, 5) is 0. The van der Waals surface area contributed by atoms with Crippen molar-refractivity contribution in [3.63, 3.8) is 0 Å². The summed E-state index contributed by atoms with van der Waals surface area (Å²) in [6, 6.07) is 8.13. The minimum absolute atomic E-state index is 0.0234. The second kappa shape index (κ2) is 4.93. The van der Waals surface area contributed by atoms with E-state index in [1.54, 1.807) is 7.11 Å². The number of rotatable bonds is 3. The van der Waals surface area contributed by atoms with Crippen LogP contribution >= 0.6 is 0 Å². The van der Waals surface area contributed by atoms with Crippen molar-refractivity contribution in [1.29, 1.82) is 0 Å². The topological polar surface area (TPSA) is 27.7 Å². The molecular weight excluding hydrogens is 239 g/mol. The van der Waals surface area contributed by atoms with E-state index in [9.17, 15) is 0 Å². The first-order chi connectivity index (χ1) is 8.78. The van der Waals surface area contributed by atoms with E-state index < -0.39 is 0 Å². The highest BCUT2D eigenvalue weighted by atomic mass is 16.7. The summed E-state index contributed by atoms with van der Waals surface area (Å²) in [6.45, 7) is 10.3. The number of hydrogen-bond acceptors (Lipinski definition) is 3. The molecule has 1 atom stereocenters. The number of methoxy groups -OCH3 is 1. The average molecular weight is 262 g/mol. The second-order valence-electron chi connectivity index (χ2n) is 6.10. The van der Waals surface area contributed by atoms with Crippen LogP contribution in [0.2, 0.25) is 0 Å². The van der Waals surface area contributed by atoms with E-state index in [1.807, 2.05) is 25.1 Å². The van der Waals surface area contributed by atoms with Crippen molar-refractivity contribution in [1.82, 2.24) is 0 Å². The first kappa shape index (κ1) is 14.6. The van der Waals surface area contributed by atoms with Crippen LogP contribution in [0.4, 0.5) is 0 Å². The van der Waals surface area contributed by atoms with Gasteiger partial charge in [-0.2, -0.15) is 0 Å². The molecular formula is C15H23BO3. The molecule has 1 unspecified atom stereocenters. The zero-order chi connectivity index (χ0) is 14.3. The normalized spacial score (nSPS) is 22.5. The summed E-state index contributed by atoms with van der Waals surface area (Å²) in [7, 11) is 1.38. The summed E-state index contributed by atoms with van der Waals surface area (Å²) in [5.74, 6) is 0. The molecule has 104 valence electrons. The summed E-state index contributed by atoms with van der Waals surface area (Å²) >= 11 is 0. The highest BCUT2D eigenvalue weighted by Gasteiger charge is 2.52. The molecule has 1 heterocycles. The fourth-order valence-corrected chi connectivity index (χ4v) is 2.19. The molecule has 0 aliphatic carbocycles. The van der Waals surface area contributed by atoms with Gasteiger partial charge in [-0.15, -0.1) is 0 Å². The number of ether oxygens (including phenoxy) is 1. The molecule has 0 saturated carbocycles. The van der Waals surface area contributed by atoms with Gasteiger partial charge in [-0.05, 0) is 45.6 Å². The minimum Gasteiger partial charge on any atom is -0.399 e. The molecule has 0 radical (unpaired) electrons. The maximum atomic E-state index is 6.11. The second-order valence-corrected chi connectivity index (χ2v) is 6.10. The first-order valence-corrected chi connectivity index (χ1v) is 6.76. The lowest BCUT2D eigenvalue weighted by Crippen LogP contribution is -2.41. The molecule has 3 nitrogen and oxygen atoms in total. The van der Waals surface area contributed by atoms with Crippen LogP contribution in [0.15, 0.2) is 24.3 Å². The van der Waals surface area contributed by atoms with Gasteiger partial charge >= 0.3 is 7.12 Å². The van der Waals surface area contributed by atoms with Crippen LogP contribution in [-0.4, -0.2) is 25.4 Å². The molecule has 1 aromatic rings. The van der Waals surface area contributed by atoms with Crippen LogP contribution in [0, 0.1) is 0 Å². The Morgan fingerprint density at radius 2 is 1.58 bits per heavy atom. The van der Waals surface area contributed by atoms with Gasteiger partial charge in [0.2, 0.25) is 0 Å². The van der Waals surface area contributed by atoms with Crippen molar-refractivity contribution in [3.8, 4) is 0 Å². The van der Waals surface area contributed by atoms with Gasteiger partial charge in [0, 0.05) is 7.11 Å². The van der Waals surface area contributed by atoms with Gasteiger partial charge in [-0.1, -0.05) is 24.3 Å². The van der Waals surface area contributed by atoms with Gasteiger partial charge in [0.05, 0.1) is 17.3 Å². The van der Waals surface area contributed by atoms with E-state index in [2.05, 4.69) is 33.8 Å². The van der Waals surface area contributed by atoms with Crippen LogP contribution < -0.4 is 5.46 Å². The lowest BCUT2D eigenvalue weighted by Gasteiger charge is -2.32. The standard InChI is InChI=1S/C15H23BO3/c1-11(17-6)12-9-7-8-10-13(12)16-18-14(2,3)15(4,5)19-16/h7-11H,1-6H3. The predicted molar refractivity (Wildman–Crippen MR) is 77.6 cm³/mol. The third-order valence-electron chi connectivity index (χ3n) is 4.29. The van der Waals surface area contributed by atoms with Gasteiger partial charge < -0.3 is 14.0 Å². The molecule has 0 spiro atoms. The van der Waals surface area contributed by atoms with Gasteiger partial charge in [-0.3, -0.25) is 0 Å². The lowest BCUT2D eigenvalue weighted by atomic mass is 9.75. The zero-order valence-electron chi connectivity index (χ0n) is 12.7. The summed E-state index contributed by atoms with van der Waals surface area (Å²) in [6.07, 6.45) is 0.0234. The molecule has 0 amide bonds. The molecule has 1 saturated heterocycles. The first-order valence-electron chi connectivity index (χ1n) is 6.76. The molecule has 4 heteroatoms. The third kappa shape index (κ3) is 2.57. The van der Waals surface area contributed by atoms with Crippen molar-refractivity contribution >= 4 is 12.6 Å². The van der Waals surface area contributed by atoms with Gasteiger partial charge in [0.1, 0.15) is 0 Å². The quantitative estimate of drug-likeness (QED) is 0.784. The Morgan fingerprint density at radius 3 is 2.11 bits per heavy atom. The Balaban J connectivity index is 2.35. The van der Waals surface area contributed by atoms with Gasteiger partial charge in [0.25, 0.3) is 0 Å². The maximum Gasteiger partial charge on any atom is 0.495 e. The minimum atomic E-state index is -0.334. The average Bonchev–Trinajstić information content (AvgIpc) is 2.57.